The molecule has 2 aromatic carbocycles. The van der Waals surface area contributed by atoms with Crippen molar-refractivity contribution in [3.05, 3.63) is 65.9 Å². The van der Waals surface area contributed by atoms with E-state index in [0.29, 0.717) is 30.9 Å². The molecular weight excluding hydrogens is 314 g/mol. The van der Waals surface area contributed by atoms with Crippen molar-refractivity contribution in [3.63, 3.8) is 0 Å². The van der Waals surface area contributed by atoms with Gasteiger partial charge in [-0.05, 0) is 35.8 Å². The third-order valence-electron chi connectivity index (χ3n) is 4.64. The van der Waals surface area contributed by atoms with Crippen LogP contribution in [0.5, 0.6) is 11.5 Å². The summed E-state index contributed by atoms with van der Waals surface area (Å²) < 4.78 is 11.1. The summed E-state index contributed by atoms with van der Waals surface area (Å²) in [5.41, 5.74) is 3.30. The van der Waals surface area contributed by atoms with Gasteiger partial charge in [0.15, 0.2) is 17.3 Å². The van der Waals surface area contributed by atoms with E-state index in [9.17, 15) is 4.79 Å². The van der Waals surface area contributed by atoms with Crippen molar-refractivity contribution in [1.82, 2.24) is 4.90 Å². The van der Waals surface area contributed by atoms with E-state index in [1.54, 1.807) is 6.07 Å². The molecule has 25 heavy (non-hydrogen) atoms. The molecule has 0 bridgehead atoms. The topological polar surface area (TPSA) is 38.8 Å². The van der Waals surface area contributed by atoms with Gasteiger partial charge >= 0.3 is 0 Å². The van der Waals surface area contributed by atoms with Gasteiger partial charge in [-0.3, -0.25) is 4.79 Å². The summed E-state index contributed by atoms with van der Waals surface area (Å²) in [5, 5.41) is 0. The largest absolute Gasteiger partial charge is 0.486 e. The lowest BCUT2D eigenvalue weighted by atomic mass is 10.1. The van der Waals surface area contributed by atoms with Crippen LogP contribution in [0.3, 0.4) is 0 Å². The third kappa shape index (κ3) is 3.53. The first-order valence-electron chi connectivity index (χ1n) is 8.72. The summed E-state index contributed by atoms with van der Waals surface area (Å²) in [5.74, 6) is 1.53. The first kappa shape index (κ1) is 15.8. The average Bonchev–Trinajstić information content (AvgIpc) is 3.15. The highest BCUT2D eigenvalue weighted by molar-refractivity contribution is 5.96. The summed E-state index contributed by atoms with van der Waals surface area (Å²) in [6.07, 6.45) is 3.72. The van der Waals surface area contributed by atoms with E-state index in [4.69, 9.17) is 9.47 Å². The number of benzene rings is 2. The van der Waals surface area contributed by atoms with Gasteiger partial charge in [-0.15, -0.1) is 0 Å². The van der Waals surface area contributed by atoms with Crippen LogP contribution in [0.2, 0.25) is 0 Å². The Bertz CT molecular complexity index is 798. The Morgan fingerprint density at radius 3 is 2.64 bits per heavy atom. The molecule has 0 saturated carbocycles. The van der Waals surface area contributed by atoms with Gasteiger partial charge in [-0.1, -0.05) is 30.3 Å². The molecular formula is C21H21NO3. The van der Waals surface area contributed by atoms with Gasteiger partial charge in [0.05, 0.1) is 0 Å². The molecule has 0 amide bonds. The standard InChI is InChI=1S/C21H21NO3/c23-19(17-6-7-20-21(14-17)25-13-12-24-20)9-11-22-10-8-18(15-22)16-4-2-1-3-5-16/h1-7,14-15H,8-13H2. The fourth-order valence-corrected chi connectivity index (χ4v) is 3.27. The van der Waals surface area contributed by atoms with Crippen LogP contribution in [-0.2, 0) is 0 Å². The molecule has 0 radical (unpaired) electrons. The maximum Gasteiger partial charge on any atom is 0.164 e. The van der Waals surface area contributed by atoms with E-state index in [1.807, 2.05) is 18.2 Å². The van der Waals surface area contributed by atoms with Crippen molar-refractivity contribution >= 4 is 11.4 Å². The molecule has 0 atom stereocenters. The van der Waals surface area contributed by atoms with Crippen molar-refractivity contribution in [2.24, 2.45) is 0 Å². The number of ether oxygens (including phenoxy) is 2. The van der Waals surface area contributed by atoms with E-state index < -0.39 is 0 Å². The van der Waals surface area contributed by atoms with Gasteiger partial charge in [0.25, 0.3) is 0 Å². The summed E-state index contributed by atoms with van der Waals surface area (Å²) in [6.45, 7) is 2.80. The van der Waals surface area contributed by atoms with Crippen LogP contribution >= 0.6 is 0 Å². The van der Waals surface area contributed by atoms with E-state index in [-0.39, 0.29) is 5.78 Å². The molecule has 4 heteroatoms. The van der Waals surface area contributed by atoms with Gasteiger partial charge in [-0.25, -0.2) is 0 Å². The second kappa shape index (κ2) is 7.01. The number of Topliss-reactive ketones (excluding diaryl/α,β-unsaturated/α-hetero) is 1. The fraction of sp³-hybridized carbons (Fsp3) is 0.286. The number of carbonyl (C=O) groups excluding carboxylic acids is 1. The number of carbonyl (C=O) groups is 1. The molecule has 2 aliphatic rings. The quantitative estimate of drug-likeness (QED) is 0.780. The van der Waals surface area contributed by atoms with E-state index in [2.05, 4.69) is 35.4 Å². The Labute approximate surface area is 147 Å². The van der Waals surface area contributed by atoms with Gasteiger partial charge < -0.3 is 14.4 Å². The van der Waals surface area contributed by atoms with Crippen molar-refractivity contribution in [2.75, 3.05) is 26.3 Å². The number of hydrogen-bond donors (Lipinski definition) is 0. The van der Waals surface area contributed by atoms with Crippen LogP contribution in [0.4, 0.5) is 0 Å². The van der Waals surface area contributed by atoms with Crippen LogP contribution in [0.15, 0.2) is 54.7 Å². The first-order valence-corrected chi connectivity index (χ1v) is 8.72. The van der Waals surface area contributed by atoms with Crippen molar-refractivity contribution < 1.29 is 14.3 Å². The lowest BCUT2D eigenvalue weighted by Gasteiger charge is -2.19. The van der Waals surface area contributed by atoms with Gasteiger partial charge in [0.2, 0.25) is 0 Å². The van der Waals surface area contributed by atoms with Crippen molar-refractivity contribution in [2.45, 2.75) is 12.8 Å². The fourth-order valence-electron chi connectivity index (χ4n) is 3.27. The SMILES string of the molecule is O=C(CCN1C=C(c2ccccc2)CC1)c1ccc2c(c1)OCCO2. The third-order valence-corrected chi connectivity index (χ3v) is 4.64. The number of nitrogens with zero attached hydrogens (tertiary/aromatic N) is 1. The summed E-state index contributed by atoms with van der Waals surface area (Å²) in [6, 6.07) is 15.9. The average molecular weight is 335 g/mol. The Hall–Kier alpha value is -2.75. The summed E-state index contributed by atoms with van der Waals surface area (Å²) >= 11 is 0. The number of hydrogen-bond acceptors (Lipinski definition) is 4. The number of rotatable bonds is 5. The van der Waals surface area contributed by atoms with Gasteiger partial charge in [0.1, 0.15) is 13.2 Å². The molecule has 0 aliphatic carbocycles. The second-order valence-corrected chi connectivity index (χ2v) is 6.34. The minimum atomic E-state index is 0.138. The molecule has 0 saturated heterocycles. The first-order chi connectivity index (χ1) is 12.3. The molecule has 0 aromatic heterocycles. The zero-order chi connectivity index (χ0) is 17.1. The highest BCUT2D eigenvalue weighted by Gasteiger charge is 2.17. The monoisotopic (exact) mass is 335 g/mol. The molecule has 0 unspecified atom stereocenters. The van der Waals surface area contributed by atoms with Crippen LogP contribution in [0, 0.1) is 0 Å². The molecule has 0 spiro atoms. The maximum atomic E-state index is 12.5. The Morgan fingerprint density at radius 2 is 1.80 bits per heavy atom. The summed E-state index contributed by atoms with van der Waals surface area (Å²) in [7, 11) is 0. The van der Waals surface area contributed by atoms with Crippen LogP contribution in [0.25, 0.3) is 5.57 Å². The Morgan fingerprint density at radius 1 is 1.00 bits per heavy atom. The van der Waals surface area contributed by atoms with Gasteiger partial charge in [0, 0.05) is 31.3 Å². The van der Waals surface area contributed by atoms with E-state index in [1.165, 1.54) is 11.1 Å². The predicted molar refractivity (Wildman–Crippen MR) is 97.0 cm³/mol. The van der Waals surface area contributed by atoms with E-state index >= 15 is 0 Å². The molecule has 0 N–H and O–H groups in total. The van der Waals surface area contributed by atoms with E-state index in [0.717, 1.165) is 25.3 Å². The van der Waals surface area contributed by atoms with Gasteiger partial charge in [-0.2, -0.15) is 0 Å². The molecule has 2 aliphatic heterocycles. The van der Waals surface area contributed by atoms with Crippen molar-refractivity contribution in [3.8, 4) is 11.5 Å². The molecule has 4 rings (SSSR count). The lowest BCUT2D eigenvalue weighted by molar-refractivity contribution is 0.0972. The number of fused-ring (bicyclic) bond motifs is 1. The van der Waals surface area contributed by atoms with Crippen LogP contribution < -0.4 is 9.47 Å². The molecule has 128 valence electrons. The van der Waals surface area contributed by atoms with Crippen molar-refractivity contribution in [1.29, 1.82) is 0 Å². The van der Waals surface area contributed by atoms with Crippen LogP contribution in [-0.4, -0.2) is 37.0 Å². The normalized spacial score (nSPS) is 15.8. The zero-order valence-corrected chi connectivity index (χ0v) is 14.1. The molecule has 2 heterocycles. The summed E-state index contributed by atoms with van der Waals surface area (Å²) in [4.78, 5) is 14.7. The smallest absolute Gasteiger partial charge is 0.164 e. The Balaban J connectivity index is 1.37. The highest BCUT2D eigenvalue weighted by atomic mass is 16.6. The molecule has 2 aromatic rings. The molecule has 0 fully saturated rings. The van der Waals surface area contributed by atoms with Crippen LogP contribution in [0.1, 0.15) is 28.8 Å². The number of ketones is 1. The highest BCUT2D eigenvalue weighted by Crippen LogP contribution is 2.31. The molecule has 4 nitrogen and oxygen atoms in total. The predicted octanol–water partition coefficient (Wildman–Crippen LogP) is 3.78. The maximum absolute atomic E-state index is 12.5. The Kier molecular flexibility index (Phi) is 4.42. The minimum Gasteiger partial charge on any atom is -0.486 e. The zero-order valence-electron chi connectivity index (χ0n) is 14.1. The minimum absolute atomic E-state index is 0.138. The second-order valence-electron chi connectivity index (χ2n) is 6.34. The lowest BCUT2D eigenvalue weighted by Crippen LogP contribution is -2.19.